The number of hydrogen-bond donors (Lipinski definition) is 0. The molecule has 4 rings (SSSR count). The SMILES string of the molecule is O=C(OCCSc1ccccc1F)c1ccc2c(=O)n3c(nc2c1)CCC3. The maximum absolute atomic E-state index is 13.6. The van der Waals surface area contributed by atoms with Crippen LogP contribution in [-0.4, -0.2) is 27.9 Å². The molecule has 0 saturated heterocycles. The minimum atomic E-state index is -0.478. The predicted octanol–water partition coefficient (Wildman–Crippen LogP) is 3.43. The van der Waals surface area contributed by atoms with Crippen LogP contribution in [0.1, 0.15) is 22.6 Å². The zero-order valence-electron chi connectivity index (χ0n) is 14.5. The Morgan fingerprint density at radius 1 is 1.26 bits per heavy atom. The van der Waals surface area contributed by atoms with Gasteiger partial charge in [-0.2, -0.15) is 0 Å². The van der Waals surface area contributed by atoms with Gasteiger partial charge in [0, 0.05) is 23.6 Å². The highest BCUT2D eigenvalue weighted by Gasteiger charge is 2.17. The first-order chi connectivity index (χ1) is 13.1. The number of benzene rings is 2. The number of carbonyl (C=O) groups is 1. The number of rotatable bonds is 5. The van der Waals surface area contributed by atoms with Crippen molar-refractivity contribution in [1.29, 1.82) is 0 Å². The van der Waals surface area contributed by atoms with Crippen LogP contribution >= 0.6 is 11.8 Å². The van der Waals surface area contributed by atoms with Crippen molar-refractivity contribution in [2.75, 3.05) is 12.4 Å². The first-order valence-electron chi connectivity index (χ1n) is 8.71. The molecular weight excluding hydrogens is 367 g/mol. The first-order valence-corrected chi connectivity index (χ1v) is 9.70. The average molecular weight is 384 g/mol. The van der Waals surface area contributed by atoms with Crippen molar-refractivity contribution in [2.45, 2.75) is 24.3 Å². The van der Waals surface area contributed by atoms with Gasteiger partial charge in [-0.25, -0.2) is 14.2 Å². The molecule has 0 bridgehead atoms. The van der Waals surface area contributed by atoms with E-state index in [1.165, 1.54) is 17.8 Å². The summed E-state index contributed by atoms with van der Waals surface area (Å²) in [6.45, 7) is 0.858. The number of aryl methyl sites for hydroxylation is 1. The third-order valence-corrected chi connectivity index (χ3v) is 5.48. The number of fused-ring (bicyclic) bond motifs is 2. The molecule has 138 valence electrons. The van der Waals surface area contributed by atoms with Crippen LogP contribution in [0.4, 0.5) is 4.39 Å². The standard InChI is InChI=1S/C20H17FN2O3S/c21-15-4-1-2-5-17(15)27-11-10-26-20(25)13-7-8-14-16(12-13)22-18-6-3-9-23(18)19(14)24/h1-2,4-5,7-8,12H,3,6,9-11H2. The number of thioether (sulfide) groups is 1. The monoisotopic (exact) mass is 384 g/mol. The van der Waals surface area contributed by atoms with Crippen LogP contribution < -0.4 is 5.56 Å². The van der Waals surface area contributed by atoms with Crippen LogP contribution in [0.5, 0.6) is 0 Å². The van der Waals surface area contributed by atoms with Crippen LogP contribution in [0.2, 0.25) is 0 Å². The Hall–Kier alpha value is -2.67. The molecule has 0 fully saturated rings. The van der Waals surface area contributed by atoms with E-state index in [4.69, 9.17) is 4.74 Å². The van der Waals surface area contributed by atoms with Crippen molar-refractivity contribution < 1.29 is 13.9 Å². The number of nitrogens with zero attached hydrogens (tertiary/aromatic N) is 2. The van der Waals surface area contributed by atoms with E-state index in [-0.39, 0.29) is 18.0 Å². The summed E-state index contributed by atoms with van der Waals surface area (Å²) < 4.78 is 20.5. The lowest BCUT2D eigenvalue weighted by molar-refractivity contribution is 0.0530. The lowest BCUT2D eigenvalue weighted by Crippen LogP contribution is -2.21. The second kappa shape index (κ2) is 7.52. The number of aromatic nitrogens is 2. The molecule has 27 heavy (non-hydrogen) atoms. The third-order valence-electron chi connectivity index (χ3n) is 4.46. The number of carbonyl (C=O) groups excluding carboxylic acids is 1. The first kappa shape index (κ1) is 17.7. The van der Waals surface area contributed by atoms with Gasteiger partial charge in [-0.15, -0.1) is 11.8 Å². The molecule has 5 nitrogen and oxygen atoms in total. The van der Waals surface area contributed by atoms with Gasteiger partial charge in [-0.1, -0.05) is 12.1 Å². The highest BCUT2D eigenvalue weighted by molar-refractivity contribution is 7.99. The minimum Gasteiger partial charge on any atom is -0.461 e. The molecule has 0 amide bonds. The lowest BCUT2D eigenvalue weighted by Gasteiger charge is -2.08. The number of halogens is 1. The molecule has 2 aromatic carbocycles. The van der Waals surface area contributed by atoms with Crippen molar-refractivity contribution in [2.24, 2.45) is 0 Å². The van der Waals surface area contributed by atoms with E-state index in [2.05, 4.69) is 4.98 Å². The molecule has 3 aromatic rings. The molecule has 0 spiro atoms. The molecule has 0 aliphatic carbocycles. The molecule has 2 heterocycles. The summed E-state index contributed by atoms with van der Waals surface area (Å²) >= 11 is 1.29. The second-order valence-electron chi connectivity index (χ2n) is 6.24. The van der Waals surface area contributed by atoms with Gasteiger partial charge < -0.3 is 4.74 Å². The van der Waals surface area contributed by atoms with E-state index in [1.807, 2.05) is 0 Å². The largest absolute Gasteiger partial charge is 0.461 e. The van der Waals surface area contributed by atoms with Crippen molar-refractivity contribution in [3.63, 3.8) is 0 Å². The van der Waals surface area contributed by atoms with Gasteiger partial charge in [-0.05, 0) is 36.8 Å². The molecular formula is C20H17FN2O3S. The molecule has 1 aromatic heterocycles. The summed E-state index contributed by atoms with van der Waals surface area (Å²) in [5.74, 6) is 0.453. The van der Waals surface area contributed by atoms with E-state index >= 15 is 0 Å². The Morgan fingerprint density at radius 3 is 2.96 bits per heavy atom. The summed E-state index contributed by atoms with van der Waals surface area (Å²) in [4.78, 5) is 29.8. The van der Waals surface area contributed by atoms with Crippen molar-refractivity contribution in [3.8, 4) is 0 Å². The second-order valence-corrected chi connectivity index (χ2v) is 7.37. The van der Waals surface area contributed by atoms with E-state index in [1.54, 1.807) is 41.0 Å². The topological polar surface area (TPSA) is 61.2 Å². The van der Waals surface area contributed by atoms with Gasteiger partial charge in [0.05, 0.1) is 16.5 Å². The van der Waals surface area contributed by atoms with Crippen LogP contribution in [0.3, 0.4) is 0 Å². The van der Waals surface area contributed by atoms with Gasteiger partial charge in [0.15, 0.2) is 0 Å². The lowest BCUT2D eigenvalue weighted by atomic mass is 10.1. The van der Waals surface area contributed by atoms with E-state index in [0.29, 0.717) is 33.7 Å². The maximum Gasteiger partial charge on any atom is 0.338 e. The van der Waals surface area contributed by atoms with Crippen LogP contribution in [0.25, 0.3) is 10.9 Å². The Kier molecular flexibility index (Phi) is 4.94. The van der Waals surface area contributed by atoms with Gasteiger partial charge in [0.2, 0.25) is 0 Å². The fraction of sp³-hybridized carbons (Fsp3) is 0.250. The summed E-state index contributed by atoms with van der Waals surface area (Å²) in [7, 11) is 0. The average Bonchev–Trinajstić information content (AvgIpc) is 3.15. The van der Waals surface area contributed by atoms with Crippen LogP contribution in [0, 0.1) is 5.82 Å². The Bertz CT molecular complexity index is 1080. The molecule has 1 aliphatic rings. The Labute approximate surface area is 159 Å². The minimum absolute atomic E-state index is 0.0614. The smallest absolute Gasteiger partial charge is 0.338 e. The molecule has 0 radical (unpaired) electrons. The summed E-state index contributed by atoms with van der Waals surface area (Å²) in [5.41, 5.74) is 0.810. The van der Waals surface area contributed by atoms with Crippen molar-refractivity contribution in [3.05, 3.63) is 70.0 Å². The number of ether oxygens (including phenoxy) is 1. The quantitative estimate of drug-likeness (QED) is 0.383. The number of hydrogen-bond acceptors (Lipinski definition) is 5. The summed E-state index contributed by atoms with van der Waals surface area (Å²) in [5, 5.41) is 0.507. The van der Waals surface area contributed by atoms with E-state index < -0.39 is 5.97 Å². The highest BCUT2D eigenvalue weighted by atomic mass is 32.2. The molecule has 1 aliphatic heterocycles. The maximum atomic E-state index is 13.6. The Balaban J connectivity index is 1.43. The number of esters is 1. The highest BCUT2D eigenvalue weighted by Crippen LogP contribution is 2.21. The third kappa shape index (κ3) is 3.60. The zero-order valence-corrected chi connectivity index (χ0v) is 15.3. The van der Waals surface area contributed by atoms with Gasteiger partial charge >= 0.3 is 5.97 Å². The zero-order chi connectivity index (χ0) is 18.8. The van der Waals surface area contributed by atoms with Gasteiger partial charge in [0.1, 0.15) is 18.2 Å². The normalized spacial score (nSPS) is 12.9. The van der Waals surface area contributed by atoms with Gasteiger partial charge in [0.25, 0.3) is 5.56 Å². The molecule has 0 unspecified atom stereocenters. The fourth-order valence-corrected chi connectivity index (χ4v) is 3.91. The van der Waals surface area contributed by atoms with Gasteiger partial charge in [-0.3, -0.25) is 9.36 Å². The molecule has 0 atom stereocenters. The predicted molar refractivity (Wildman–Crippen MR) is 102 cm³/mol. The van der Waals surface area contributed by atoms with Crippen molar-refractivity contribution in [1.82, 2.24) is 9.55 Å². The molecule has 0 saturated carbocycles. The Morgan fingerprint density at radius 2 is 2.11 bits per heavy atom. The fourth-order valence-electron chi connectivity index (χ4n) is 3.14. The van der Waals surface area contributed by atoms with Crippen molar-refractivity contribution >= 4 is 28.6 Å². The van der Waals surface area contributed by atoms with Crippen LogP contribution in [-0.2, 0) is 17.7 Å². The summed E-state index contributed by atoms with van der Waals surface area (Å²) in [6.07, 6.45) is 1.68. The summed E-state index contributed by atoms with van der Waals surface area (Å²) in [6, 6.07) is 11.3. The van der Waals surface area contributed by atoms with E-state index in [9.17, 15) is 14.0 Å². The molecule has 0 N–H and O–H groups in total. The van der Waals surface area contributed by atoms with Crippen LogP contribution in [0.15, 0.2) is 52.2 Å². The van der Waals surface area contributed by atoms with E-state index in [0.717, 1.165) is 18.7 Å². The molecule has 7 heteroatoms.